The van der Waals surface area contributed by atoms with E-state index in [2.05, 4.69) is 37.2 Å². The van der Waals surface area contributed by atoms with Gasteiger partial charge in [-0.1, -0.05) is 0 Å². The third-order valence-corrected chi connectivity index (χ3v) is 0. The van der Waals surface area contributed by atoms with E-state index in [4.69, 9.17) is 0 Å². The largest absolute Gasteiger partial charge is 0 e. The maximum atomic E-state index is 2.39. The molecule has 0 saturated carbocycles. The normalized spacial score (nSPS) is 5.50. The Morgan fingerprint density at radius 2 is 1.25 bits per heavy atom. The van der Waals surface area contributed by atoms with Crippen LogP contribution in [0.2, 0.25) is 0 Å². The predicted octanol–water partition coefficient (Wildman–Crippen LogP) is -1.23. The van der Waals surface area contributed by atoms with Gasteiger partial charge in [-0.2, -0.15) is 0 Å². The summed E-state index contributed by atoms with van der Waals surface area (Å²) in [7, 11) is 0. The summed E-state index contributed by atoms with van der Waals surface area (Å²) < 4.78 is 0. The van der Waals surface area contributed by atoms with E-state index < -0.39 is 0 Å². The van der Waals surface area contributed by atoms with Gasteiger partial charge in [0, 0.05) is 19.5 Å². The summed E-state index contributed by atoms with van der Waals surface area (Å²) in [6.07, 6.45) is 0. The monoisotopic (exact) mass is 484 g/mol. The molecule has 0 N–H and O–H groups in total. The molecular weight excluding hydrogens is 484 g/mol. The van der Waals surface area contributed by atoms with Crippen molar-refractivity contribution in [1.29, 1.82) is 0 Å². The van der Waals surface area contributed by atoms with Crippen LogP contribution in [0.4, 0.5) is 0 Å². The molecule has 0 heterocycles. The Bertz CT molecular complexity index is 3.25. The molecule has 0 fully saturated rings. The van der Waals surface area contributed by atoms with Crippen LogP contribution in [0.15, 0.2) is 0 Å². The van der Waals surface area contributed by atoms with Gasteiger partial charge >= 0.3 is 50.5 Å². The molecule has 0 spiro atoms. The molecule has 1 radical (unpaired) electrons. The molecular formula is I3Rh-. The van der Waals surface area contributed by atoms with Crippen LogP contribution in [0.5, 0.6) is 0 Å². The molecule has 0 aliphatic rings. The van der Waals surface area contributed by atoms with Crippen molar-refractivity contribution in [2.75, 3.05) is 0 Å². The van der Waals surface area contributed by atoms with Gasteiger partial charge in [-0.15, -0.1) is 0 Å². The molecule has 0 amide bonds. The summed E-state index contributed by atoms with van der Waals surface area (Å²) >= 11 is 5.30. The molecule has 4 heteroatoms. The summed E-state index contributed by atoms with van der Waals surface area (Å²) in [5, 5.41) is 0. The summed E-state index contributed by atoms with van der Waals surface area (Å²) in [5.74, 6) is 0. The van der Waals surface area contributed by atoms with Crippen LogP contribution in [0.3, 0.4) is 0 Å². The minimum Gasteiger partial charge on any atom is 0 e. The maximum absolute atomic E-state index is 2.39. The minimum atomic E-state index is 0. The van der Waals surface area contributed by atoms with Gasteiger partial charge in [0.1, 0.15) is 0 Å². The van der Waals surface area contributed by atoms with Gasteiger partial charge in [-0.3, -0.25) is 0 Å². The zero-order valence-corrected chi connectivity index (χ0v) is 9.58. The second-order valence-electron chi connectivity index (χ2n) is 0.0540. The Balaban J connectivity index is 0. The van der Waals surface area contributed by atoms with Gasteiger partial charge in [0.05, 0.1) is 0 Å². The van der Waals surface area contributed by atoms with Gasteiger partial charge in [0.2, 0.25) is 0 Å². The molecule has 0 aliphatic carbocycles. The topological polar surface area (TPSA) is 0 Å². The number of halogens is 3. The van der Waals surface area contributed by atoms with Gasteiger partial charge in [0.15, 0.2) is 0 Å². The van der Waals surface area contributed by atoms with Gasteiger partial charge in [-0.05, 0) is 0 Å². The fourth-order valence-electron chi connectivity index (χ4n) is 0. The first-order chi connectivity index (χ1) is 1.41. The first-order valence-corrected chi connectivity index (χ1v) is 12.9. The maximum Gasteiger partial charge on any atom is 0 e. The Morgan fingerprint density at radius 1 is 1.25 bits per heavy atom. The van der Waals surface area contributed by atoms with E-state index in [9.17, 15) is 0 Å². The van der Waals surface area contributed by atoms with Crippen molar-refractivity contribution in [2.45, 2.75) is 0 Å². The molecule has 0 bridgehead atoms. The standard InChI is InChI=1S/I3.Rh/c1-3-2;/q-1;. The first kappa shape index (κ1) is 9.94. The molecule has 0 atom stereocenters. The zero-order chi connectivity index (χ0) is 2.71. The molecule has 31 valence electrons. The van der Waals surface area contributed by atoms with Crippen LogP contribution in [-0.2, 0) is 19.5 Å². The fraction of sp³-hybridized carbons (Fsp3) is 0. The van der Waals surface area contributed by atoms with E-state index >= 15 is 0 Å². The number of rotatable bonds is 0. The molecule has 0 aromatic carbocycles. The van der Waals surface area contributed by atoms with Gasteiger partial charge < -0.3 is 0 Å². The number of hydrogen-bond acceptors (Lipinski definition) is 0. The molecule has 4 heavy (non-hydrogen) atoms. The van der Waals surface area contributed by atoms with Gasteiger partial charge in [0.25, 0.3) is 0 Å². The first-order valence-electron chi connectivity index (χ1n) is 0.286. The molecule has 0 aromatic heterocycles. The van der Waals surface area contributed by atoms with Gasteiger partial charge in [-0.25, -0.2) is 0 Å². The van der Waals surface area contributed by atoms with Crippen LogP contribution < -0.4 is 13.3 Å². The molecule has 0 unspecified atom stereocenters. The molecule has 0 nitrogen and oxygen atoms in total. The molecule has 0 saturated heterocycles. The van der Waals surface area contributed by atoms with Crippen molar-refractivity contribution >= 4 is 37.2 Å². The van der Waals surface area contributed by atoms with Crippen molar-refractivity contribution in [3.63, 3.8) is 0 Å². The van der Waals surface area contributed by atoms with E-state index in [0.717, 1.165) is 0 Å². The zero-order valence-electron chi connectivity index (χ0n) is 1.47. The van der Waals surface area contributed by atoms with Crippen molar-refractivity contribution in [1.82, 2.24) is 0 Å². The average Bonchev–Trinajstić information content (AvgIpc) is 0.918. The fourth-order valence-corrected chi connectivity index (χ4v) is 0. The third-order valence-electron chi connectivity index (χ3n) is 0. The second-order valence-corrected chi connectivity index (χ2v) is 16.3. The Hall–Kier alpha value is 2.81. The van der Waals surface area contributed by atoms with Crippen LogP contribution in [0.25, 0.3) is 0 Å². The second kappa shape index (κ2) is 9.26. The van der Waals surface area contributed by atoms with E-state index in [1.165, 1.54) is 0 Å². The molecule has 0 aromatic rings. The van der Waals surface area contributed by atoms with E-state index in [1.54, 1.807) is 0 Å². The average molecular weight is 484 g/mol. The summed E-state index contributed by atoms with van der Waals surface area (Å²) in [5.41, 5.74) is 0. The van der Waals surface area contributed by atoms with Crippen LogP contribution in [0.1, 0.15) is 0 Å². The summed E-state index contributed by atoms with van der Waals surface area (Å²) in [6.45, 7) is 0. The summed E-state index contributed by atoms with van der Waals surface area (Å²) in [4.78, 5) is 0. The van der Waals surface area contributed by atoms with Crippen LogP contribution in [-0.4, -0.2) is 0 Å². The summed E-state index contributed by atoms with van der Waals surface area (Å²) in [6, 6.07) is 0. The van der Waals surface area contributed by atoms with Crippen molar-refractivity contribution < 1.29 is 32.7 Å². The van der Waals surface area contributed by atoms with Crippen molar-refractivity contribution in [3.8, 4) is 0 Å². The van der Waals surface area contributed by atoms with Crippen LogP contribution >= 0.6 is 37.2 Å². The predicted molar refractivity (Wildman–Crippen MR) is 28.0 cm³/mol. The Labute approximate surface area is 68.2 Å². The smallest absolute Gasteiger partial charge is 0 e. The molecule has 0 rings (SSSR count). The quantitative estimate of drug-likeness (QED) is 0.299. The SMILES string of the molecule is I[I-]I.[Rh]. The minimum absolute atomic E-state index is 0. The number of hydrogen-bond donors (Lipinski definition) is 0. The van der Waals surface area contributed by atoms with Crippen LogP contribution in [0, 0.1) is 0 Å². The van der Waals surface area contributed by atoms with E-state index in [1.807, 2.05) is 0 Å². The van der Waals surface area contributed by atoms with Crippen molar-refractivity contribution in [2.24, 2.45) is 0 Å². The van der Waals surface area contributed by atoms with E-state index in [-0.39, 0.29) is 19.5 Å². The third kappa shape index (κ3) is 8.84. The van der Waals surface area contributed by atoms with Crippen molar-refractivity contribution in [3.05, 3.63) is 0 Å². The van der Waals surface area contributed by atoms with E-state index in [0.29, 0.717) is 13.3 Å². The Morgan fingerprint density at radius 3 is 1.25 bits per heavy atom. The molecule has 0 aliphatic heterocycles. The Kier molecular flexibility index (Phi) is 23.0.